The van der Waals surface area contributed by atoms with Crippen LogP contribution in [0.15, 0.2) is 47.8 Å². The second-order valence-corrected chi connectivity index (χ2v) is 6.37. The molecule has 140 valence electrons. The lowest BCUT2D eigenvalue weighted by Gasteiger charge is -2.09. The minimum atomic E-state index is -0.478. The van der Waals surface area contributed by atoms with E-state index in [0.29, 0.717) is 22.8 Å². The number of hydrogen-bond donors (Lipinski definition) is 0. The van der Waals surface area contributed by atoms with E-state index in [-0.39, 0.29) is 6.61 Å². The molecule has 3 rings (SSSR count). The maximum Gasteiger partial charge on any atom is 0.342 e. The minimum Gasteiger partial charge on any atom is -0.497 e. The first kappa shape index (κ1) is 18.7. The van der Waals surface area contributed by atoms with Crippen molar-refractivity contribution in [1.29, 1.82) is 0 Å². The normalized spacial score (nSPS) is 10.3. The molecule has 0 unspecified atom stereocenters. The van der Waals surface area contributed by atoms with Crippen LogP contribution in [-0.2, 0) is 11.3 Å². The van der Waals surface area contributed by atoms with E-state index in [0.717, 1.165) is 16.3 Å². The lowest BCUT2D eigenvalue weighted by atomic mass is 10.2. The van der Waals surface area contributed by atoms with Crippen LogP contribution in [0.25, 0.3) is 10.6 Å². The van der Waals surface area contributed by atoms with Gasteiger partial charge in [0, 0.05) is 17.0 Å². The van der Waals surface area contributed by atoms with Gasteiger partial charge < -0.3 is 18.9 Å². The van der Waals surface area contributed by atoms with Crippen LogP contribution < -0.4 is 14.2 Å². The Kier molecular flexibility index (Phi) is 5.93. The van der Waals surface area contributed by atoms with Crippen molar-refractivity contribution in [3.8, 4) is 27.8 Å². The highest BCUT2D eigenvalue weighted by atomic mass is 32.1. The number of ether oxygens (including phenoxy) is 4. The highest BCUT2D eigenvalue weighted by molar-refractivity contribution is 7.13. The summed E-state index contributed by atoms with van der Waals surface area (Å²) in [5, 5.41) is 2.73. The quantitative estimate of drug-likeness (QED) is 0.568. The van der Waals surface area contributed by atoms with Crippen LogP contribution >= 0.6 is 11.3 Å². The molecule has 0 N–H and O–H groups in total. The molecule has 0 saturated carbocycles. The van der Waals surface area contributed by atoms with Crippen LogP contribution in [0.3, 0.4) is 0 Å². The number of rotatable bonds is 7. The summed E-state index contributed by atoms with van der Waals surface area (Å²) < 4.78 is 20.9. The Morgan fingerprint density at radius 1 is 0.963 bits per heavy atom. The zero-order valence-electron chi connectivity index (χ0n) is 15.2. The Labute approximate surface area is 161 Å². The number of nitrogens with zero attached hydrogens (tertiary/aromatic N) is 1. The van der Waals surface area contributed by atoms with Crippen LogP contribution in [0.5, 0.6) is 17.2 Å². The van der Waals surface area contributed by atoms with Crippen molar-refractivity contribution in [3.63, 3.8) is 0 Å². The fraction of sp³-hybridized carbons (Fsp3) is 0.200. The predicted octanol–water partition coefficient (Wildman–Crippen LogP) is 4.19. The van der Waals surface area contributed by atoms with Crippen LogP contribution in [0, 0.1) is 0 Å². The summed E-state index contributed by atoms with van der Waals surface area (Å²) >= 11 is 1.49. The van der Waals surface area contributed by atoms with Gasteiger partial charge in [0.2, 0.25) is 0 Å². The van der Waals surface area contributed by atoms with Crippen molar-refractivity contribution in [2.75, 3.05) is 21.3 Å². The Hall–Kier alpha value is -3.06. The van der Waals surface area contributed by atoms with Gasteiger partial charge in [0.15, 0.2) is 0 Å². The average molecular weight is 385 g/mol. The lowest BCUT2D eigenvalue weighted by Crippen LogP contribution is -2.07. The summed E-state index contributed by atoms with van der Waals surface area (Å²) in [7, 11) is 4.67. The first-order valence-corrected chi connectivity index (χ1v) is 9.00. The zero-order valence-corrected chi connectivity index (χ0v) is 16.0. The van der Waals surface area contributed by atoms with Crippen molar-refractivity contribution < 1.29 is 23.7 Å². The number of aromatic nitrogens is 1. The van der Waals surface area contributed by atoms with Crippen molar-refractivity contribution in [1.82, 2.24) is 4.98 Å². The molecule has 0 amide bonds. The smallest absolute Gasteiger partial charge is 0.342 e. The van der Waals surface area contributed by atoms with E-state index in [4.69, 9.17) is 18.9 Å². The standard InChI is InChI=1S/C20H19NO5S/c1-23-15-6-4-13(5-7-15)19-21-14(12-27-19)11-26-20(22)17-9-8-16(24-2)10-18(17)25-3/h4-10,12H,11H2,1-3H3. The Bertz CT molecular complexity index is 920. The van der Waals surface area contributed by atoms with Gasteiger partial charge in [-0.2, -0.15) is 0 Å². The summed E-state index contributed by atoms with van der Waals surface area (Å²) in [6.45, 7) is 0.0840. The second-order valence-electron chi connectivity index (χ2n) is 5.51. The number of carbonyl (C=O) groups is 1. The van der Waals surface area contributed by atoms with Gasteiger partial charge in [-0.25, -0.2) is 9.78 Å². The summed E-state index contributed by atoms with van der Waals surface area (Å²) in [5.74, 6) is 1.31. The molecule has 0 bridgehead atoms. The molecule has 0 aliphatic rings. The largest absolute Gasteiger partial charge is 0.497 e. The molecule has 0 saturated heterocycles. The summed E-state index contributed by atoms with van der Waals surface area (Å²) in [6, 6.07) is 12.6. The molecular weight excluding hydrogens is 366 g/mol. The number of thiazole rings is 1. The molecule has 0 aliphatic carbocycles. The van der Waals surface area contributed by atoms with E-state index in [1.807, 2.05) is 29.6 Å². The topological polar surface area (TPSA) is 66.9 Å². The fourth-order valence-electron chi connectivity index (χ4n) is 2.42. The molecule has 7 heteroatoms. The SMILES string of the molecule is COc1ccc(-c2nc(COC(=O)c3ccc(OC)cc3OC)cs2)cc1. The number of benzene rings is 2. The number of esters is 1. The van der Waals surface area contributed by atoms with Crippen LogP contribution in [-0.4, -0.2) is 32.3 Å². The van der Waals surface area contributed by atoms with Crippen molar-refractivity contribution in [3.05, 3.63) is 59.1 Å². The maximum atomic E-state index is 12.4. The Morgan fingerprint density at radius 2 is 1.67 bits per heavy atom. The van der Waals surface area contributed by atoms with Crippen LogP contribution in [0.4, 0.5) is 0 Å². The lowest BCUT2D eigenvalue weighted by molar-refractivity contribution is 0.0465. The van der Waals surface area contributed by atoms with E-state index >= 15 is 0 Å². The van der Waals surface area contributed by atoms with E-state index in [2.05, 4.69) is 4.98 Å². The second kappa shape index (κ2) is 8.55. The summed E-state index contributed by atoms with van der Waals surface area (Å²) in [4.78, 5) is 16.9. The van der Waals surface area contributed by atoms with E-state index in [1.54, 1.807) is 32.4 Å². The maximum absolute atomic E-state index is 12.4. The molecule has 2 aromatic carbocycles. The van der Waals surface area contributed by atoms with Gasteiger partial charge in [0.25, 0.3) is 0 Å². The molecule has 3 aromatic rings. The molecule has 27 heavy (non-hydrogen) atoms. The van der Waals surface area contributed by atoms with Gasteiger partial charge in [-0.05, 0) is 36.4 Å². The third-order valence-corrected chi connectivity index (χ3v) is 4.81. The molecular formula is C20H19NO5S. The number of methoxy groups -OCH3 is 3. The molecule has 0 aliphatic heterocycles. The Morgan fingerprint density at radius 3 is 2.33 bits per heavy atom. The van der Waals surface area contributed by atoms with Gasteiger partial charge >= 0.3 is 5.97 Å². The molecule has 0 spiro atoms. The molecule has 0 atom stereocenters. The third kappa shape index (κ3) is 4.38. The minimum absolute atomic E-state index is 0.0840. The first-order chi connectivity index (χ1) is 13.1. The molecule has 1 aromatic heterocycles. The van der Waals surface area contributed by atoms with Gasteiger partial charge in [-0.1, -0.05) is 0 Å². The van der Waals surface area contributed by atoms with Crippen LogP contribution in [0.1, 0.15) is 16.1 Å². The van der Waals surface area contributed by atoms with E-state index in [1.165, 1.54) is 18.4 Å². The van der Waals surface area contributed by atoms with E-state index < -0.39 is 5.97 Å². The van der Waals surface area contributed by atoms with Gasteiger partial charge in [-0.15, -0.1) is 11.3 Å². The van der Waals surface area contributed by atoms with Crippen molar-refractivity contribution in [2.24, 2.45) is 0 Å². The van der Waals surface area contributed by atoms with Gasteiger partial charge in [0.1, 0.15) is 34.4 Å². The average Bonchev–Trinajstić information content (AvgIpc) is 3.20. The first-order valence-electron chi connectivity index (χ1n) is 8.12. The summed E-state index contributed by atoms with van der Waals surface area (Å²) in [5.41, 5.74) is 2.01. The van der Waals surface area contributed by atoms with Crippen LogP contribution in [0.2, 0.25) is 0 Å². The monoisotopic (exact) mass is 385 g/mol. The zero-order chi connectivity index (χ0) is 19.2. The Balaban J connectivity index is 1.66. The molecule has 1 heterocycles. The third-order valence-electron chi connectivity index (χ3n) is 3.87. The highest BCUT2D eigenvalue weighted by Crippen LogP contribution is 2.27. The number of hydrogen-bond acceptors (Lipinski definition) is 7. The molecule has 6 nitrogen and oxygen atoms in total. The van der Waals surface area contributed by atoms with Gasteiger partial charge in [-0.3, -0.25) is 0 Å². The predicted molar refractivity (Wildman–Crippen MR) is 103 cm³/mol. The van der Waals surface area contributed by atoms with E-state index in [9.17, 15) is 4.79 Å². The van der Waals surface area contributed by atoms with Crippen molar-refractivity contribution >= 4 is 17.3 Å². The summed E-state index contributed by atoms with van der Waals surface area (Å²) in [6.07, 6.45) is 0. The van der Waals surface area contributed by atoms with Gasteiger partial charge in [0.05, 0.1) is 27.0 Å². The number of carbonyl (C=O) groups excluding carboxylic acids is 1. The van der Waals surface area contributed by atoms with Crippen molar-refractivity contribution in [2.45, 2.75) is 6.61 Å². The molecule has 0 radical (unpaired) electrons. The fourth-order valence-corrected chi connectivity index (χ4v) is 3.23. The molecule has 0 fully saturated rings. The highest BCUT2D eigenvalue weighted by Gasteiger charge is 2.16.